The van der Waals surface area contributed by atoms with Crippen LogP contribution in [0.3, 0.4) is 0 Å². The molecule has 1 fully saturated rings. The minimum Gasteiger partial charge on any atom is -0.507 e. The van der Waals surface area contributed by atoms with Crippen LogP contribution in [0.2, 0.25) is 0 Å². The van der Waals surface area contributed by atoms with Crippen molar-refractivity contribution >= 4 is 22.7 Å². The molecule has 9 nitrogen and oxygen atoms in total. The van der Waals surface area contributed by atoms with Gasteiger partial charge in [0.05, 0.1) is 23.4 Å². The average Bonchev–Trinajstić information content (AvgIpc) is 3.42. The van der Waals surface area contributed by atoms with E-state index in [0.29, 0.717) is 49.6 Å². The second-order valence-electron chi connectivity index (χ2n) is 8.21. The monoisotopic (exact) mass is 435 g/mol. The summed E-state index contributed by atoms with van der Waals surface area (Å²) in [5.41, 5.74) is 4.17. The molecule has 166 valence electrons. The van der Waals surface area contributed by atoms with Crippen LogP contribution in [-0.2, 0) is 24.4 Å². The first kappa shape index (κ1) is 20.5. The summed E-state index contributed by atoms with van der Waals surface area (Å²) < 4.78 is 5.17. The molecule has 9 heteroatoms. The number of hydrogen-bond acceptors (Lipinski definition) is 6. The molecule has 2 amide bonds. The molecule has 32 heavy (non-hydrogen) atoms. The maximum atomic E-state index is 13.3. The lowest BCUT2D eigenvalue weighted by Gasteiger charge is -2.27. The summed E-state index contributed by atoms with van der Waals surface area (Å²) in [6, 6.07) is 8.83. The predicted molar refractivity (Wildman–Crippen MR) is 117 cm³/mol. The van der Waals surface area contributed by atoms with Gasteiger partial charge in [0.25, 0.3) is 11.8 Å². The summed E-state index contributed by atoms with van der Waals surface area (Å²) in [6.07, 6.45) is 0. The Bertz CT molecular complexity index is 1200. The predicted octanol–water partition coefficient (Wildman–Crippen LogP) is 1.62. The summed E-state index contributed by atoms with van der Waals surface area (Å²) in [4.78, 5) is 29.6. The number of carbonyl (C=O) groups excluding carboxylic acids is 2. The van der Waals surface area contributed by atoms with Crippen molar-refractivity contribution in [1.82, 2.24) is 25.3 Å². The number of ether oxygens (including phenoxy) is 1. The molecule has 1 aromatic heterocycles. The highest BCUT2D eigenvalue weighted by Crippen LogP contribution is 2.31. The molecular weight excluding hydrogens is 410 g/mol. The second kappa shape index (κ2) is 8.25. The van der Waals surface area contributed by atoms with Crippen LogP contribution < -0.4 is 5.32 Å². The van der Waals surface area contributed by atoms with Gasteiger partial charge in [0, 0.05) is 63.4 Å². The number of aromatic amines is 1. The number of rotatable bonds is 4. The molecule has 2 aliphatic rings. The number of aromatic nitrogens is 2. The highest BCUT2D eigenvalue weighted by molar-refractivity contribution is 6.01. The molecular formula is C23H25N5O4. The molecule has 2 aliphatic heterocycles. The van der Waals surface area contributed by atoms with Crippen LogP contribution in [0.1, 0.15) is 37.5 Å². The number of aromatic hydroxyl groups is 1. The van der Waals surface area contributed by atoms with Crippen LogP contribution in [0.15, 0.2) is 30.3 Å². The van der Waals surface area contributed by atoms with Gasteiger partial charge in [-0.3, -0.25) is 14.7 Å². The SMILES string of the molecule is COCc1n[nH]c2cc(O)c(C(=O)N3Cc4ccc(C(=O)N5CCNCC5)cc4C3)cc12. The minimum absolute atomic E-state index is 0.0211. The fourth-order valence-corrected chi connectivity index (χ4v) is 4.42. The van der Waals surface area contributed by atoms with Crippen LogP contribution in [0.25, 0.3) is 10.9 Å². The lowest BCUT2D eigenvalue weighted by molar-refractivity contribution is 0.0734. The van der Waals surface area contributed by atoms with Gasteiger partial charge < -0.3 is 25.0 Å². The van der Waals surface area contributed by atoms with Gasteiger partial charge in [0.15, 0.2) is 0 Å². The van der Waals surface area contributed by atoms with Crippen molar-refractivity contribution in [2.45, 2.75) is 19.7 Å². The third-order valence-corrected chi connectivity index (χ3v) is 6.14. The Labute approximate surface area is 185 Å². The number of amides is 2. The van der Waals surface area contributed by atoms with Gasteiger partial charge in [0.1, 0.15) is 5.75 Å². The van der Waals surface area contributed by atoms with Crippen LogP contribution in [-0.4, -0.2) is 70.2 Å². The van der Waals surface area contributed by atoms with Crippen molar-refractivity contribution in [3.8, 4) is 5.75 Å². The Hall–Kier alpha value is -3.43. The van der Waals surface area contributed by atoms with E-state index in [1.807, 2.05) is 23.1 Å². The molecule has 3 heterocycles. The Morgan fingerprint density at radius 2 is 1.84 bits per heavy atom. The summed E-state index contributed by atoms with van der Waals surface area (Å²) in [5.74, 6) is -0.339. The van der Waals surface area contributed by atoms with Gasteiger partial charge >= 0.3 is 0 Å². The molecule has 2 aromatic carbocycles. The number of nitrogens with zero attached hydrogens (tertiary/aromatic N) is 3. The first-order valence-electron chi connectivity index (χ1n) is 10.6. The summed E-state index contributed by atoms with van der Waals surface area (Å²) in [5, 5.41) is 21.5. The number of piperazine rings is 1. The van der Waals surface area contributed by atoms with Crippen LogP contribution in [0.5, 0.6) is 5.75 Å². The fraction of sp³-hybridized carbons (Fsp3) is 0.348. The normalized spacial score (nSPS) is 15.9. The topological polar surface area (TPSA) is 111 Å². The number of methoxy groups -OCH3 is 1. The van der Waals surface area contributed by atoms with E-state index in [1.165, 1.54) is 6.07 Å². The van der Waals surface area contributed by atoms with Crippen molar-refractivity contribution in [1.29, 1.82) is 0 Å². The summed E-state index contributed by atoms with van der Waals surface area (Å²) >= 11 is 0. The van der Waals surface area contributed by atoms with Crippen LogP contribution in [0, 0.1) is 0 Å². The van der Waals surface area contributed by atoms with Crippen molar-refractivity contribution in [2.24, 2.45) is 0 Å². The van der Waals surface area contributed by atoms with E-state index in [0.717, 1.165) is 29.6 Å². The second-order valence-corrected chi connectivity index (χ2v) is 8.21. The third kappa shape index (κ3) is 3.59. The zero-order valence-electron chi connectivity index (χ0n) is 17.9. The quantitative estimate of drug-likeness (QED) is 0.574. The highest BCUT2D eigenvalue weighted by atomic mass is 16.5. The van der Waals surface area contributed by atoms with E-state index in [1.54, 1.807) is 18.1 Å². The average molecular weight is 435 g/mol. The molecule has 5 rings (SSSR count). The molecule has 3 N–H and O–H groups in total. The van der Waals surface area contributed by atoms with E-state index in [-0.39, 0.29) is 23.1 Å². The number of phenols is 1. The van der Waals surface area contributed by atoms with Gasteiger partial charge in [-0.05, 0) is 29.3 Å². The number of phenolic OH excluding ortho intramolecular Hbond substituents is 1. The number of hydrogen-bond donors (Lipinski definition) is 3. The van der Waals surface area contributed by atoms with Gasteiger partial charge in [-0.1, -0.05) is 6.07 Å². The maximum absolute atomic E-state index is 13.3. The van der Waals surface area contributed by atoms with Gasteiger partial charge in [-0.15, -0.1) is 0 Å². The zero-order valence-corrected chi connectivity index (χ0v) is 17.9. The van der Waals surface area contributed by atoms with Crippen molar-refractivity contribution in [2.75, 3.05) is 33.3 Å². The van der Waals surface area contributed by atoms with E-state index in [4.69, 9.17) is 4.74 Å². The largest absolute Gasteiger partial charge is 0.507 e. The minimum atomic E-state index is -0.264. The number of carbonyl (C=O) groups is 2. The number of H-pyrrole nitrogens is 1. The highest BCUT2D eigenvalue weighted by Gasteiger charge is 2.28. The Balaban J connectivity index is 1.37. The molecule has 0 saturated carbocycles. The van der Waals surface area contributed by atoms with Crippen LogP contribution >= 0.6 is 0 Å². The van der Waals surface area contributed by atoms with E-state index >= 15 is 0 Å². The molecule has 0 aliphatic carbocycles. The van der Waals surface area contributed by atoms with Crippen molar-refractivity contribution < 1.29 is 19.4 Å². The van der Waals surface area contributed by atoms with E-state index in [2.05, 4.69) is 15.5 Å². The first-order chi connectivity index (χ1) is 15.5. The standard InChI is InChI=1S/C23H25N5O4/c1-32-13-20-17-9-18(21(29)10-19(17)25-26-20)23(31)28-11-15-3-2-14(8-16(15)12-28)22(30)27-6-4-24-5-7-27/h2-3,8-10,24,29H,4-7,11-13H2,1H3,(H,25,26). The molecule has 0 atom stereocenters. The van der Waals surface area contributed by atoms with Crippen molar-refractivity contribution in [3.05, 3.63) is 58.3 Å². The molecule has 0 unspecified atom stereocenters. The molecule has 0 radical (unpaired) electrons. The molecule has 1 saturated heterocycles. The molecule has 0 bridgehead atoms. The number of benzene rings is 2. The first-order valence-corrected chi connectivity index (χ1v) is 10.6. The van der Waals surface area contributed by atoms with E-state index < -0.39 is 0 Å². The Morgan fingerprint density at radius 1 is 1.06 bits per heavy atom. The summed E-state index contributed by atoms with van der Waals surface area (Å²) in [6.45, 7) is 4.12. The van der Waals surface area contributed by atoms with Gasteiger partial charge in [-0.25, -0.2) is 0 Å². The number of nitrogens with one attached hydrogen (secondary N) is 2. The maximum Gasteiger partial charge on any atom is 0.258 e. The fourth-order valence-electron chi connectivity index (χ4n) is 4.42. The zero-order chi connectivity index (χ0) is 22.2. The molecule has 0 spiro atoms. The smallest absolute Gasteiger partial charge is 0.258 e. The lowest BCUT2D eigenvalue weighted by Crippen LogP contribution is -2.46. The van der Waals surface area contributed by atoms with E-state index in [9.17, 15) is 14.7 Å². The van der Waals surface area contributed by atoms with Crippen molar-refractivity contribution in [3.63, 3.8) is 0 Å². The summed E-state index contributed by atoms with van der Waals surface area (Å²) in [7, 11) is 1.58. The lowest BCUT2D eigenvalue weighted by atomic mass is 10.1. The Morgan fingerprint density at radius 3 is 2.62 bits per heavy atom. The number of fused-ring (bicyclic) bond motifs is 2. The van der Waals surface area contributed by atoms with Crippen LogP contribution in [0.4, 0.5) is 0 Å². The van der Waals surface area contributed by atoms with Gasteiger partial charge in [0.2, 0.25) is 0 Å². The Kier molecular flexibility index (Phi) is 5.28. The van der Waals surface area contributed by atoms with Gasteiger partial charge in [-0.2, -0.15) is 5.10 Å². The third-order valence-electron chi connectivity index (χ3n) is 6.14. The molecule has 3 aromatic rings.